The first-order valence-corrected chi connectivity index (χ1v) is 10.2. The van der Waals surface area contributed by atoms with E-state index in [2.05, 4.69) is 37.8 Å². The summed E-state index contributed by atoms with van der Waals surface area (Å²) in [6.45, 7) is 3.73. The average molecular weight is 394 g/mol. The average Bonchev–Trinajstić information content (AvgIpc) is 3.31. The predicted octanol–water partition coefficient (Wildman–Crippen LogP) is 3.51. The van der Waals surface area contributed by atoms with Crippen molar-refractivity contribution in [2.45, 2.75) is 13.5 Å². The summed E-state index contributed by atoms with van der Waals surface area (Å²) in [5.41, 5.74) is 4.38. The van der Waals surface area contributed by atoms with Gasteiger partial charge in [0.2, 0.25) is 0 Å². The Morgan fingerprint density at radius 3 is 2.79 bits per heavy atom. The van der Waals surface area contributed by atoms with Gasteiger partial charge in [-0.2, -0.15) is 16.3 Å². The van der Waals surface area contributed by atoms with Crippen LogP contribution in [0.15, 0.2) is 58.4 Å². The predicted molar refractivity (Wildman–Crippen MR) is 114 cm³/mol. The molecule has 0 spiro atoms. The van der Waals surface area contributed by atoms with Crippen LogP contribution in [0.5, 0.6) is 0 Å². The van der Waals surface area contributed by atoms with Crippen molar-refractivity contribution in [3.05, 3.63) is 64.1 Å². The highest BCUT2D eigenvalue weighted by Gasteiger charge is 2.10. The molecule has 3 heterocycles. The summed E-state index contributed by atoms with van der Waals surface area (Å²) in [7, 11) is 4.08. The van der Waals surface area contributed by atoms with Gasteiger partial charge in [-0.05, 0) is 49.7 Å². The monoisotopic (exact) mass is 393 g/mol. The van der Waals surface area contributed by atoms with Gasteiger partial charge in [-0.15, -0.1) is 0 Å². The lowest BCUT2D eigenvalue weighted by Crippen LogP contribution is -2.29. The highest BCUT2D eigenvalue weighted by atomic mass is 32.1. The molecular weight excluding hydrogens is 370 g/mol. The molecule has 0 aliphatic heterocycles. The second kappa shape index (κ2) is 7.69. The molecule has 1 aromatic carbocycles. The molecule has 0 fully saturated rings. The van der Waals surface area contributed by atoms with Gasteiger partial charge in [-0.1, -0.05) is 13.0 Å². The summed E-state index contributed by atoms with van der Waals surface area (Å²) in [6.07, 6.45) is 3.67. The van der Waals surface area contributed by atoms with E-state index in [1.165, 1.54) is 0 Å². The molecule has 4 rings (SSSR count). The Labute approximate surface area is 167 Å². The van der Waals surface area contributed by atoms with Crippen LogP contribution in [-0.2, 0) is 6.54 Å². The molecule has 0 saturated heterocycles. The topological polar surface area (TPSA) is 56.0 Å². The molecule has 1 atom stereocenters. The Kier molecular flexibility index (Phi) is 5.11. The normalized spacial score (nSPS) is 12.7. The van der Waals surface area contributed by atoms with E-state index < -0.39 is 0 Å². The van der Waals surface area contributed by atoms with Crippen molar-refractivity contribution in [1.82, 2.24) is 24.0 Å². The lowest BCUT2D eigenvalue weighted by Gasteiger charge is -2.17. The van der Waals surface area contributed by atoms with Crippen LogP contribution >= 0.6 is 11.3 Å². The van der Waals surface area contributed by atoms with Crippen molar-refractivity contribution in [3.8, 4) is 16.9 Å². The van der Waals surface area contributed by atoms with Gasteiger partial charge in [0.15, 0.2) is 0 Å². The number of aromatic nitrogens is 4. The van der Waals surface area contributed by atoms with E-state index >= 15 is 0 Å². The zero-order valence-corrected chi connectivity index (χ0v) is 17.1. The van der Waals surface area contributed by atoms with Crippen LogP contribution in [0.2, 0.25) is 0 Å². The fraction of sp³-hybridized carbons (Fsp3) is 0.286. The largest absolute Gasteiger partial charge is 0.348 e. The molecular formula is C21H23N5OS. The van der Waals surface area contributed by atoms with E-state index in [-0.39, 0.29) is 5.69 Å². The van der Waals surface area contributed by atoms with Gasteiger partial charge >= 0.3 is 5.69 Å². The molecule has 0 amide bonds. The Bertz CT molecular complexity index is 1140. The zero-order valence-electron chi connectivity index (χ0n) is 16.2. The summed E-state index contributed by atoms with van der Waals surface area (Å²) in [5, 5.41) is 4.14. The van der Waals surface area contributed by atoms with Crippen LogP contribution < -0.4 is 5.69 Å². The minimum Gasteiger partial charge on any atom is -0.309 e. The fourth-order valence-corrected chi connectivity index (χ4v) is 4.15. The summed E-state index contributed by atoms with van der Waals surface area (Å²) >= 11 is 1.66. The third kappa shape index (κ3) is 3.76. The summed E-state index contributed by atoms with van der Waals surface area (Å²) < 4.78 is 3.74. The molecule has 6 nitrogen and oxygen atoms in total. The van der Waals surface area contributed by atoms with E-state index in [0.717, 1.165) is 28.8 Å². The molecule has 0 saturated carbocycles. The van der Waals surface area contributed by atoms with E-state index in [1.807, 2.05) is 56.3 Å². The molecule has 3 aromatic heterocycles. The van der Waals surface area contributed by atoms with Crippen LogP contribution in [0.1, 0.15) is 6.92 Å². The maximum absolute atomic E-state index is 12.5. The van der Waals surface area contributed by atoms with Crippen molar-refractivity contribution in [2.24, 2.45) is 5.92 Å². The summed E-state index contributed by atoms with van der Waals surface area (Å²) in [6, 6.07) is 9.98. The molecule has 28 heavy (non-hydrogen) atoms. The highest BCUT2D eigenvalue weighted by Crippen LogP contribution is 2.24. The van der Waals surface area contributed by atoms with Crippen LogP contribution in [0, 0.1) is 5.92 Å². The van der Waals surface area contributed by atoms with Crippen molar-refractivity contribution >= 4 is 22.4 Å². The van der Waals surface area contributed by atoms with E-state index in [1.54, 1.807) is 15.9 Å². The lowest BCUT2D eigenvalue weighted by molar-refractivity contribution is 0.312. The molecule has 0 N–H and O–H groups in total. The standard InChI is InChI=1S/C21H23N5OS/c1-15(11-24(2)3)12-25-8-6-18(23-21(25)27)16-4-5-20-19(10-16)22-14-26(20)17-7-9-28-13-17/h4-10,13-15H,11-12H2,1-3H3. The number of hydrogen-bond acceptors (Lipinski definition) is 5. The number of fused-ring (bicyclic) bond motifs is 1. The first-order valence-electron chi connectivity index (χ1n) is 9.23. The second-order valence-electron chi connectivity index (χ2n) is 7.41. The number of hydrogen-bond donors (Lipinski definition) is 0. The van der Waals surface area contributed by atoms with Gasteiger partial charge in [0, 0.05) is 30.2 Å². The lowest BCUT2D eigenvalue weighted by atomic mass is 10.1. The van der Waals surface area contributed by atoms with E-state index in [9.17, 15) is 4.79 Å². The first kappa shape index (κ1) is 18.6. The third-order valence-electron chi connectivity index (χ3n) is 4.69. The summed E-state index contributed by atoms with van der Waals surface area (Å²) in [5.74, 6) is 0.373. The molecule has 7 heteroatoms. The molecule has 4 aromatic rings. The minimum atomic E-state index is -0.216. The number of nitrogens with zero attached hydrogens (tertiary/aromatic N) is 5. The van der Waals surface area contributed by atoms with Crippen LogP contribution in [0.25, 0.3) is 28.0 Å². The van der Waals surface area contributed by atoms with Crippen molar-refractivity contribution < 1.29 is 0 Å². The van der Waals surface area contributed by atoms with Gasteiger partial charge in [0.05, 0.1) is 22.4 Å². The highest BCUT2D eigenvalue weighted by molar-refractivity contribution is 7.08. The van der Waals surface area contributed by atoms with Gasteiger partial charge in [-0.3, -0.25) is 9.13 Å². The Morgan fingerprint density at radius 2 is 2.07 bits per heavy atom. The summed E-state index contributed by atoms with van der Waals surface area (Å²) in [4.78, 5) is 23.4. The SMILES string of the molecule is CC(CN(C)C)Cn1ccc(-c2ccc3c(c2)ncn3-c2ccsc2)nc1=O. The molecule has 144 valence electrons. The molecule has 0 radical (unpaired) electrons. The number of thiophene rings is 1. The third-order valence-corrected chi connectivity index (χ3v) is 5.36. The second-order valence-corrected chi connectivity index (χ2v) is 8.19. The maximum atomic E-state index is 12.5. The van der Waals surface area contributed by atoms with Crippen LogP contribution in [0.4, 0.5) is 0 Å². The van der Waals surface area contributed by atoms with Gasteiger partial charge in [-0.25, -0.2) is 9.78 Å². The first-order chi connectivity index (χ1) is 13.5. The number of benzene rings is 1. The zero-order chi connectivity index (χ0) is 19.7. The molecule has 1 unspecified atom stereocenters. The van der Waals surface area contributed by atoms with Gasteiger partial charge < -0.3 is 4.90 Å². The number of imidazole rings is 1. The van der Waals surface area contributed by atoms with Gasteiger partial charge in [0.1, 0.15) is 6.33 Å². The quantitative estimate of drug-likeness (QED) is 0.503. The van der Waals surface area contributed by atoms with E-state index in [4.69, 9.17) is 0 Å². The fourth-order valence-electron chi connectivity index (χ4n) is 3.52. The Morgan fingerprint density at radius 1 is 1.21 bits per heavy atom. The molecule has 0 bridgehead atoms. The van der Waals surface area contributed by atoms with Crippen molar-refractivity contribution in [1.29, 1.82) is 0 Å². The van der Waals surface area contributed by atoms with Crippen molar-refractivity contribution in [3.63, 3.8) is 0 Å². The Balaban J connectivity index is 1.61. The van der Waals surface area contributed by atoms with E-state index in [0.29, 0.717) is 18.2 Å². The van der Waals surface area contributed by atoms with Crippen LogP contribution in [-0.4, -0.2) is 44.6 Å². The molecule has 0 aliphatic rings. The minimum absolute atomic E-state index is 0.216. The van der Waals surface area contributed by atoms with Crippen LogP contribution in [0.3, 0.4) is 0 Å². The van der Waals surface area contributed by atoms with Crippen molar-refractivity contribution in [2.75, 3.05) is 20.6 Å². The number of rotatable bonds is 6. The Hall–Kier alpha value is -2.77. The molecule has 0 aliphatic carbocycles. The maximum Gasteiger partial charge on any atom is 0.348 e. The van der Waals surface area contributed by atoms with Gasteiger partial charge in [0.25, 0.3) is 0 Å². The smallest absolute Gasteiger partial charge is 0.309 e.